The van der Waals surface area contributed by atoms with Crippen LogP contribution >= 0.6 is 0 Å². The maximum atomic E-state index is 5.66. The van der Waals surface area contributed by atoms with Gasteiger partial charge >= 0.3 is 0 Å². The summed E-state index contributed by atoms with van der Waals surface area (Å²) in [5, 5.41) is 3.06. The second kappa shape index (κ2) is 5.86. The number of hydrogen-bond acceptors (Lipinski definition) is 2. The molecule has 3 N–H and O–H groups in total. The number of nitrogens with zero attached hydrogens (tertiary/aromatic N) is 1. The number of nitrogens with two attached hydrogens (primary N) is 1. The third-order valence-electron chi connectivity index (χ3n) is 2.19. The second-order valence-corrected chi connectivity index (χ2v) is 3.99. The van der Waals surface area contributed by atoms with Gasteiger partial charge in [0.2, 0.25) is 0 Å². The molecule has 1 rings (SSSR count). The molecule has 0 saturated carbocycles. The SMILES string of the molecule is CC(C)NC(N)=NCCC1CCCO1. The fourth-order valence-electron chi connectivity index (χ4n) is 1.54. The molecule has 1 aliphatic heterocycles. The molecule has 0 bridgehead atoms. The van der Waals surface area contributed by atoms with Gasteiger partial charge < -0.3 is 15.8 Å². The maximum absolute atomic E-state index is 5.66. The third-order valence-corrected chi connectivity index (χ3v) is 2.19. The Balaban J connectivity index is 2.11. The zero-order chi connectivity index (χ0) is 10.4. The van der Waals surface area contributed by atoms with Gasteiger partial charge in [-0.15, -0.1) is 0 Å². The van der Waals surface area contributed by atoms with Crippen molar-refractivity contribution < 1.29 is 4.74 Å². The van der Waals surface area contributed by atoms with E-state index in [4.69, 9.17) is 10.5 Å². The number of ether oxygens (including phenoxy) is 1. The molecule has 4 heteroatoms. The largest absolute Gasteiger partial charge is 0.378 e. The summed E-state index contributed by atoms with van der Waals surface area (Å²) in [6, 6.07) is 0.349. The number of rotatable bonds is 4. The van der Waals surface area contributed by atoms with E-state index in [1.807, 2.05) is 13.8 Å². The van der Waals surface area contributed by atoms with Crippen molar-refractivity contribution in [1.29, 1.82) is 0 Å². The van der Waals surface area contributed by atoms with Crippen LogP contribution in [0.1, 0.15) is 33.1 Å². The van der Waals surface area contributed by atoms with Crippen LogP contribution in [0.25, 0.3) is 0 Å². The molecule has 0 aliphatic carbocycles. The Morgan fingerprint density at radius 3 is 3.00 bits per heavy atom. The Morgan fingerprint density at radius 1 is 1.64 bits per heavy atom. The molecule has 82 valence electrons. The molecule has 1 fully saturated rings. The average Bonchev–Trinajstić information content (AvgIpc) is 2.55. The molecule has 1 heterocycles. The monoisotopic (exact) mass is 199 g/mol. The van der Waals surface area contributed by atoms with Crippen molar-refractivity contribution in [3.8, 4) is 0 Å². The standard InChI is InChI=1S/C10H21N3O/c1-8(2)13-10(11)12-6-5-9-4-3-7-14-9/h8-9H,3-7H2,1-2H3,(H3,11,12,13). The molecule has 14 heavy (non-hydrogen) atoms. The molecule has 0 aromatic heterocycles. The number of guanidine groups is 1. The first-order valence-corrected chi connectivity index (χ1v) is 5.36. The lowest BCUT2D eigenvalue weighted by atomic mass is 10.2. The van der Waals surface area contributed by atoms with Gasteiger partial charge in [-0.1, -0.05) is 0 Å². The van der Waals surface area contributed by atoms with E-state index in [2.05, 4.69) is 10.3 Å². The van der Waals surface area contributed by atoms with Crippen LogP contribution in [0.15, 0.2) is 4.99 Å². The fraction of sp³-hybridized carbons (Fsp3) is 0.900. The van der Waals surface area contributed by atoms with Crippen molar-refractivity contribution in [1.82, 2.24) is 5.32 Å². The Bertz CT molecular complexity index is 186. The highest BCUT2D eigenvalue weighted by Gasteiger charge is 2.14. The van der Waals surface area contributed by atoms with Gasteiger partial charge in [0.1, 0.15) is 0 Å². The Labute approximate surface area is 85.9 Å². The minimum absolute atomic E-state index is 0.349. The first kappa shape index (κ1) is 11.3. The maximum Gasteiger partial charge on any atom is 0.188 e. The fourth-order valence-corrected chi connectivity index (χ4v) is 1.54. The van der Waals surface area contributed by atoms with E-state index >= 15 is 0 Å². The highest BCUT2D eigenvalue weighted by molar-refractivity contribution is 5.77. The first-order valence-electron chi connectivity index (χ1n) is 5.36. The second-order valence-electron chi connectivity index (χ2n) is 3.99. The normalized spacial score (nSPS) is 23.1. The summed E-state index contributed by atoms with van der Waals surface area (Å²) in [5.74, 6) is 0.540. The third kappa shape index (κ3) is 4.46. The van der Waals surface area contributed by atoms with Gasteiger partial charge in [0.05, 0.1) is 6.10 Å². The average molecular weight is 199 g/mol. The Kier molecular flexibility index (Phi) is 4.73. The minimum atomic E-state index is 0.349. The predicted octanol–water partition coefficient (Wildman–Crippen LogP) is 0.868. The summed E-state index contributed by atoms with van der Waals surface area (Å²) in [5.41, 5.74) is 5.66. The van der Waals surface area contributed by atoms with Gasteiger partial charge in [0.25, 0.3) is 0 Å². The molecule has 1 aliphatic rings. The first-order chi connectivity index (χ1) is 6.68. The topological polar surface area (TPSA) is 59.6 Å². The molecule has 0 spiro atoms. The molecule has 0 radical (unpaired) electrons. The van der Waals surface area contributed by atoms with Gasteiger partial charge in [-0.25, -0.2) is 0 Å². The van der Waals surface area contributed by atoms with E-state index < -0.39 is 0 Å². The Morgan fingerprint density at radius 2 is 2.43 bits per heavy atom. The predicted molar refractivity (Wildman–Crippen MR) is 58.4 cm³/mol. The minimum Gasteiger partial charge on any atom is -0.378 e. The van der Waals surface area contributed by atoms with Crippen LogP contribution in [0.4, 0.5) is 0 Å². The highest BCUT2D eigenvalue weighted by atomic mass is 16.5. The highest BCUT2D eigenvalue weighted by Crippen LogP contribution is 2.14. The zero-order valence-corrected chi connectivity index (χ0v) is 9.12. The molecule has 0 aromatic rings. The van der Waals surface area contributed by atoms with Crippen LogP contribution in [-0.4, -0.2) is 31.3 Å². The van der Waals surface area contributed by atoms with E-state index in [0.717, 1.165) is 19.6 Å². The molecule has 4 nitrogen and oxygen atoms in total. The molecule has 1 atom stereocenters. The lowest BCUT2D eigenvalue weighted by Gasteiger charge is -2.09. The lowest BCUT2D eigenvalue weighted by Crippen LogP contribution is -2.36. The van der Waals surface area contributed by atoms with E-state index in [1.54, 1.807) is 0 Å². The van der Waals surface area contributed by atoms with Crippen molar-refractivity contribution in [3.63, 3.8) is 0 Å². The number of aliphatic imine (C=N–C) groups is 1. The number of hydrogen-bond donors (Lipinski definition) is 2. The summed E-state index contributed by atoms with van der Waals surface area (Å²) in [4.78, 5) is 4.23. The van der Waals surface area contributed by atoms with Gasteiger partial charge in [0, 0.05) is 19.2 Å². The van der Waals surface area contributed by atoms with E-state index in [-0.39, 0.29) is 0 Å². The lowest BCUT2D eigenvalue weighted by molar-refractivity contribution is 0.106. The van der Waals surface area contributed by atoms with Crippen molar-refractivity contribution >= 4 is 5.96 Å². The van der Waals surface area contributed by atoms with Crippen LogP contribution in [0.3, 0.4) is 0 Å². The van der Waals surface area contributed by atoms with E-state index in [1.165, 1.54) is 12.8 Å². The summed E-state index contributed by atoms with van der Waals surface area (Å²) in [7, 11) is 0. The van der Waals surface area contributed by atoms with Crippen LogP contribution in [0, 0.1) is 0 Å². The molecular formula is C10H21N3O. The zero-order valence-electron chi connectivity index (χ0n) is 9.12. The molecule has 0 amide bonds. The molecular weight excluding hydrogens is 178 g/mol. The quantitative estimate of drug-likeness (QED) is 0.521. The van der Waals surface area contributed by atoms with Crippen LogP contribution in [-0.2, 0) is 4.74 Å². The van der Waals surface area contributed by atoms with Gasteiger partial charge in [0.15, 0.2) is 5.96 Å². The van der Waals surface area contributed by atoms with Crippen LogP contribution in [0.5, 0.6) is 0 Å². The Hall–Kier alpha value is -0.770. The van der Waals surface area contributed by atoms with Gasteiger partial charge in [-0.3, -0.25) is 4.99 Å². The van der Waals surface area contributed by atoms with Crippen LogP contribution < -0.4 is 11.1 Å². The smallest absolute Gasteiger partial charge is 0.188 e. The molecule has 1 saturated heterocycles. The summed E-state index contributed by atoms with van der Waals surface area (Å²) in [6.45, 7) is 5.76. The van der Waals surface area contributed by atoms with Crippen molar-refractivity contribution in [2.75, 3.05) is 13.2 Å². The van der Waals surface area contributed by atoms with Gasteiger partial charge in [-0.05, 0) is 33.1 Å². The summed E-state index contributed by atoms with van der Waals surface area (Å²) < 4.78 is 5.49. The van der Waals surface area contributed by atoms with E-state index in [0.29, 0.717) is 18.1 Å². The van der Waals surface area contributed by atoms with Crippen LogP contribution in [0.2, 0.25) is 0 Å². The van der Waals surface area contributed by atoms with Crippen molar-refractivity contribution in [3.05, 3.63) is 0 Å². The molecule has 0 aromatic carbocycles. The summed E-state index contributed by atoms with van der Waals surface area (Å²) >= 11 is 0. The van der Waals surface area contributed by atoms with Gasteiger partial charge in [-0.2, -0.15) is 0 Å². The van der Waals surface area contributed by atoms with E-state index in [9.17, 15) is 0 Å². The number of nitrogens with one attached hydrogen (secondary N) is 1. The summed E-state index contributed by atoms with van der Waals surface area (Å²) in [6.07, 6.45) is 3.76. The van der Waals surface area contributed by atoms with Crippen molar-refractivity contribution in [2.24, 2.45) is 10.7 Å². The molecule has 1 unspecified atom stereocenters. The van der Waals surface area contributed by atoms with Crippen molar-refractivity contribution in [2.45, 2.75) is 45.3 Å².